The fourth-order valence-electron chi connectivity index (χ4n) is 3.55. The van der Waals surface area contributed by atoms with Gasteiger partial charge in [-0.15, -0.1) is 0 Å². The lowest BCUT2D eigenvalue weighted by atomic mass is 9.95. The maximum Gasteiger partial charge on any atom is 0.295 e. The molecule has 0 spiro atoms. The standard InChI is InChI=1S/C23H23Cl2NO5/c1-3-31-16-8-5-14(6-9-16)21(27)19-20(15-7-10-17(24)18(25)13-15)26(11-4-12-30-2)23(29)22(19)28/h5-10,13,20,27H,3-4,11-12H2,1-2H3. The zero-order valence-electron chi connectivity index (χ0n) is 17.2. The highest BCUT2D eigenvalue weighted by Crippen LogP contribution is 2.41. The van der Waals surface area contributed by atoms with Crippen LogP contribution in [0.25, 0.3) is 5.76 Å². The summed E-state index contributed by atoms with van der Waals surface area (Å²) in [4.78, 5) is 27.2. The molecule has 0 bridgehead atoms. The number of ether oxygens (including phenoxy) is 2. The van der Waals surface area contributed by atoms with Crippen LogP contribution < -0.4 is 4.74 Å². The smallest absolute Gasteiger partial charge is 0.295 e. The first-order valence-electron chi connectivity index (χ1n) is 9.84. The van der Waals surface area contributed by atoms with Gasteiger partial charge in [-0.25, -0.2) is 0 Å². The molecule has 1 fully saturated rings. The van der Waals surface area contributed by atoms with Crippen molar-refractivity contribution in [1.29, 1.82) is 0 Å². The maximum absolute atomic E-state index is 12.9. The summed E-state index contributed by atoms with van der Waals surface area (Å²) in [6.07, 6.45) is 0.532. The number of aliphatic hydroxyl groups excluding tert-OH is 1. The third-order valence-corrected chi connectivity index (χ3v) is 5.72. The molecule has 0 radical (unpaired) electrons. The Morgan fingerprint density at radius 2 is 1.81 bits per heavy atom. The zero-order chi connectivity index (χ0) is 22.5. The highest BCUT2D eigenvalue weighted by Gasteiger charge is 2.45. The monoisotopic (exact) mass is 463 g/mol. The number of aliphatic hydroxyl groups is 1. The molecular formula is C23H23Cl2NO5. The summed E-state index contributed by atoms with van der Waals surface area (Å²) in [5.41, 5.74) is 0.992. The Bertz CT molecular complexity index is 1000. The fraction of sp³-hybridized carbons (Fsp3) is 0.304. The molecule has 0 saturated carbocycles. The zero-order valence-corrected chi connectivity index (χ0v) is 18.7. The van der Waals surface area contributed by atoms with Crippen LogP contribution in [0.2, 0.25) is 10.0 Å². The second kappa shape index (κ2) is 10.2. The van der Waals surface area contributed by atoms with Crippen LogP contribution in [0.1, 0.15) is 30.5 Å². The van der Waals surface area contributed by atoms with Crippen molar-refractivity contribution in [3.8, 4) is 5.75 Å². The van der Waals surface area contributed by atoms with Crippen molar-refractivity contribution >= 4 is 40.7 Å². The molecule has 8 heteroatoms. The minimum atomic E-state index is -0.793. The Balaban J connectivity index is 2.09. The second-order valence-electron chi connectivity index (χ2n) is 6.97. The van der Waals surface area contributed by atoms with Gasteiger partial charge in [0.15, 0.2) is 0 Å². The van der Waals surface area contributed by atoms with Crippen molar-refractivity contribution in [3.05, 3.63) is 69.2 Å². The van der Waals surface area contributed by atoms with Crippen molar-refractivity contribution in [2.24, 2.45) is 0 Å². The predicted octanol–water partition coefficient (Wildman–Crippen LogP) is 4.85. The van der Waals surface area contributed by atoms with Gasteiger partial charge in [0.05, 0.1) is 28.3 Å². The van der Waals surface area contributed by atoms with Crippen molar-refractivity contribution < 1.29 is 24.2 Å². The third-order valence-electron chi connectivity index (χ3n) is 4.99. The minimum absolute atomic E-state index is 0.00460. The van der Waals surface area contributed by atoms with Crippen LogP contribution in [0.3, 0.4) is 0 Å². The van der Waals surface area contributed by atoms with E-state index in [-0.39, 0.29) is 17.9 Å². The van der Waals surface area contributed by atoms with Crippen molar-refractivity contribution in [2.45, 2.75) is 19.4 Å². The van der Waals surface area contributed by atoms with E-state index in [2.05, 4.69) is 0 Å². The molecule has 1 atom stereocenters. The number of carbonyl (C=O) groups is 2. The Labute approximate surface area is 191 Å². The van der Waals surface area contributed by atoms with Crippen LogP contribution in [0.5, 0.6) is 5.75 Å². The van der Waals surface area contributed by atoms with Gasteiger partial charge in [-0.3, -0.25) is 9.59 Å². The maximum atomic E-state index is 12.9. The number of halogens is 2. The highest BCUT2D eigenvalue weighted by atomic mass is 35.5. The summed E-state index contributed by atoms with van der Waals surface area (Å²) in [5.74, 6) is -1.05. The summed E-state index contributed by atoms with van der Waals surface area (Å²) in [6.45, 7) is 3.09. The molecule has 164 valence electrons. The quantitative estimate of drug-likeness (QED) is 0.262. The lowest BCUT2D eigenvalue weighted by Crippen LogP contribution is -2.31. The summed E-state index contributed by atoms with van der Waals surface area (Å²) in [6, 6.07) is 10.8. The number of hydrogen-bond donors (Lipinski definition) is 1. The van der Waals surface area contributed by atoms with E-state index in [4.69, 9.17) is 32.7 Å². The van der Waals surface area contributed by atoms with E-state index in [0.717, 1.165) is 0 Å². The van der Waals surface area contributed by atoms with E-state index >= 15 is 0 Å². The van der Waals surface area contributed by atoms with Gasteiger partial charge < -0.3 is 19.5 Å². The van der Waals surface area contributed by atoms with E-state index in [1.807, 2.05) is 6.92 Å². The largest absolute Gasteiger partial charge is 0.507 e. The number of Topliss-reactive ketones (excluding diaryl/α,β-unsaturated/α-hetero) is 1. The number of amides is 1. The second-order valence-corrected chi connectivity index (χ2v) is 7.78. The van der Waals surface area contributed by atoms with E-state index in [0.29, 0.717) is 46.6 Å². The summed E-state index contributed by atoms with van der Waals surface area (Å²) in [7, 11) is 1.57. The summed E-state index contributed by atoms with van der Waals surface area (Å²) < 4.78 is 10.5. The molecule has 2 aromatic rings. The van der Waals surface area contributed by atoms with Crippen molar-refractivity contribution in [2.75, 3.05) is 26.9 Å². The average Bonchev–Trinajstić information content (AvgIpc) is 3.01. The van der Waals surface area contributed by atoms with Gasteiger partial charge in [-0.2, -0.15) is 0 Å². The summed E-state index contributed by atoms with van der Waals surface area (Å²) >= 11 is 12.2. The van der Waals surface area contributed by atoms with Gasteiger partial charge in [0.1, 0.15) is 11.5 Å². The number of methoxy groups -OCH3 is 1. The van der Waals surface area contributed by atoms with Gasteiger partial charge in [0.25, 0.3) is 11.7 Å². The highest BCUT2D eigenvalue weighted by molar-refractivity contribution is 6.46. The topological polar surface area (TPSA) is 76.1 Å². The summed E-state index contributed by atoms with van der Waals surface area (Å²) in [5, 5.41) is 11.7. The molecule has 1 amide bonds. The normalized spacial score (nSPS) is 17.9. The van der Waals surface area contributed by atoms with E-state index in [1.54, 1.807) is 49.6 Å². The Morgan fingerprint density at radius 1 is 1.10 bits per heavy atom. The van der Waals surface area contributed by atoms with Crippen molar-refractivity contribution in [1.82, 2.24) is 4.90 Å². The number of carbonyl (C=O) groups excluding carboxylic acids is 2. The van der Waals surface area contributed by atoms with Gasteiger partial charge in [0.2, 0.25) is 0 Å². The molecule has 31 heavy (non-hydrogen) atoms. The van der Waals surface area contributed by atoms with Crippen LogP contribution in [-0.4, -0.2) is 48.6 Å². The molecule has 1 aliphatic heterocycles. The van der Waals surface area contributed by atoms with Crippen molar-refractivity contribution in [3.63, 3.8) is 0 Å². The van der Waals surface area contributed by atoms with Crippen LogP contribution in [0.4, 0.5) is 0 Å². The molecule has 2 aromatic carbocycles. The molecule has 3 rings (SSSR count). The van der Waals surface area contributed by atoms with E-state index in [1.165, 1.54) is 4.90 Å². The molecular weight excluding hydrogens is 441 g/mol. The number of hydrogen-bond acceptors (Lipinski definition) is 5. The first-order valence-corrected chi connectivity index (χ1v) is 10.6. The fourth-order valence-corrected chi connectivity index (χ4v) is 3.86. The van der Waals surface area contributed by atoms with Gasteiger partial charge >= 0.3 is 0 Å². The van der Waals surface area contributed by atoms with Gasteiger partial charge in [-0.05, 0) is 55.3 Å². The molecule has 1 unspecified atom stereocenters. The predicted molar refractivity (Wildman–Crippen MR) is 120 cm³/mol. The molecule has 0 aromatic heterocycles. The molecule has 1 heterocycles. The number of rotatable bonds is 8. The van der Waals surface area contributed by atoms with E-state index < -0.39 is 17.7 Å². The SMILES string of the molecule is CCOc1ccc(C(O)=C2C(=O)C(=O)N(CCCOC)C2c2ccc(Cl)c(Cl)c2)cc1. The molecule has 1 saturated heterocycles. The van der Waals surface area contributed by atoms with Crippen LogP contribution in [0, 0.1) is 0 Å². The first-order chi connectivity index (χ1) is 14.9. The number of likely N-dealkylation sites (tertiary alicyclic amines) is 1. The Kier molecular flexibility index (Phi) is 7.59. The number of ketones is 1. The molecule has 1 N–H and O–H groups in total. The van der Waals surface area contributed by atoms with Crippen LogP contribution in [0.15, 0.2) is 48.0 Å². The molecule has 6 nitrogen and oxygen atoms in total. The lowest BCUT2D eigenvalue weighted by molar-refractivity contribution is -0.140. The lowest BCUT2D eigenvalue weighted by Gasteiger charge is -2.25. The first kappa shape index (κ1) is 23.1. The van der Waals surface area contributed by atoms with Crippen LogP contribution in [-0.2, 0) is 14.3 Å². The average molecular weight is 464 g/mol. The Hall–Kier alpha value is -2.54. The number of benzene rings is 2. The van der Waals surface area contributed by atoms with Gasteiger partial charge in [0, 0.05) is 25.8 Å². The van der Waals surface area contributed by atoms with Crippen LogP contribution >= 0.6 is 23.2 Å². The van der Waals surface area contributed by atoms with E-state index in [9.17, 15) is 14.7 Å². The molecule has 1 aliphatic rings. The Morgan fingerprint density at radius 3 is 2.42 bits per heavy atom. The molecule has 0 aliphatic carbocycles. The third kappa shape index (κ3) is 4.87. The van der Waals surface area contributed by atoms with Gasteiger partial charge in [-0.1, -0.05) is 29.3 Å². The number of nitrogens with zero attached hydrogens (tertiary/aromatic N) is 1. The minimum Gasteiger partial charge on any atom is -0.507 e.